The highest BCUT2D eigenvalue weighted by Gasteiger charge is 2.22. The number of carbonyl (C=O) groups excluding carboxylic acids is 1. The van der Waals surface area contributed by atoms with Crippen LogP contribution in [0.15, 0.2) is 36.5 Å². The minimum atomic E-state index is -0.177. The van der Waals surface area contributed by atoms with Crippen LogP contribution in [0, 0.1) is 5.41 Å². The Morgan fingerprint density at radius 2 is 2.03 bits per heavy atom. The van der Waals surface area contributed by atoms with Gasteiger partial charge in [0.1, 0.15) is 6.10 Å². The van der Waals surface area contributed by atoms with Crippen LogP contribution < -0.4 is 15.8 Å². The SMILES string of the molecule is CN(C)CCNC(=O)c1cccc(C(=N)c2c(N)ccnc2OC2CCOCC2)c1. The van der Waals surface area contributed by atoms with Crippen molar-refractivity contribution in [3.05, 3.63) is 53.2 Å². The highest BCUT2D eigenvalue weighted by atomic mass is 16.5. The number of benzene rings is 1. The van der Waals surface area contributed by atoms with Gasteiger partial charge in [-0.05, 0) is 32.3 Å². The zero-order valence-corrected chi connectivity index (χ0v) is 17.5. The van der Waals surface area contributed by atoms with Gasteiger partial charge in [-0.1, -0.05) is 12.1 Å². The van der Waals surface area contributed by atoms with Crippen LogP contribution in [0.2, 0.25) is 0 Å². The van der Waals surface area contributed by atoms with E-state index in [0.29, 0.717) is 48.0 Å². The molecule has 0 saturated carbocycles. The lowest BCUT2D eigenvalue weighted by atomic mass is 9.99. The Balaban J connectivity index is 1.80. The third kappa shape index (κ3) is 5.55. The predicted octanol–water partition coefficient (Wildman–Crippen LogP) is 1.93. The monoisotopic (exact) mass is 411 g/mol. The molecule has 1 aliphatic heterocycles. The van der Waals surface area contributed by atoms with E-state index >= 15 is 0 Å². The van der Waals surface area contributed by atoms with Crippen LogP contribution in [0.4, 0.5) is 5.69 Å². The molecule has 1 aromatic heterocycles. The second kappa shape index (κ2) is 10.2. The van der Waals surface area contributed by atoms with Crippen LogP contribution in [0.1, 0.15) is 34.3 Å². The average molecular weight is 412 g/mol. The Bertz CT molecular complexity index is 894. The number of aromatic nitrogens is 1. The summed E-state index contributed by atoms with van der Waals surface area (Å²) < 4.78 is 11.4. The first-order chi connectivity index (χ1) is 14.5. The van der Waals surface area contributed by atoms with Gasteiger partial charge in [0.25, 0.3) is 5.91 Å². The molecule has 30 heavy (non-hydrogen) atoms. The fourth-order valence-electron chi connectivity index (χ4n) is 3.20. The van der Waals surface area contributed by atoms with Crippen LogP contribution in [-0.4, -0.2) is 68.0 Å². The van der Waals surface area contributed by atoms with Crippen molar-refractivity contribution in [3.63, 3.8) is 0 Å². The number of hydrogen-bond donors (Lipinski definition) is 3. The number of nitrogens with one attached hydrogen (secondary N) is 2. The Morgan fingerprint density at radius 3 is 2.77 bits per heavy atom. The van der Waals surface area contributed by atoms with Gasteiger partial charge in [0.15, 0.2) is 0 Å². The molecule has 2 heterocycles. The molecule has 1 aliphatic rings. The molecule has 0 atom stereocenters. The molecule has 0 aliphatic carbocycles. The molecular weight excluding hydrogens is 382 g/mol. The summed E-state index contributed by atoms with van der Waals surface area (Å²) >= 11 is 0. The molecule has 0 unspecified atom stereocenters. The van der Waals surface area contributed by atoms with Crippen LogP contribution >= 0.6 is 0 Å². The van der Waals surface area contributed by atoms with Crippen molar-refractivity contribution in [2.24, 2.45) is 0 Å². The van der Waals surface area contributed by atoms with E-state index in [1.807, 2.05) is 19.0 Å². The first kappa shape index (κ1) is 21.7. The van der Waals surface area contributed by atoms with Gasteiger partial charge in [-0.2, -0.15) is 0 Å². The number of amides is 1. The van der Waals surface area contributed by atoms with Gasteiger partial charge in [-0.25, -0.2) is 4.98 Å². The maximum atomic E-state index is 12.5. The highest BCUT2D eigenvalue weighted by molar-refractivity contribution is 6.16. The molecule has 1 saturated heterocycles. The van der Waals surface area contributed by atoms with Gasteiger partial charge < -0.3 is 25.4 Å². The van der Waals surface area contributed by atoms with Crippen molar-refractivity contribution in [2.45, 2.75) is 18.9 Å². The summed E-state index contributed by atoms with van der Waals surface area (Å²) in [4.78, 5) is 18.8. The molecule has 0 bridgehead atoms. The summed E-state index contributed by atoms with van der Waals surface area (Å²) in [5, 5.41) is 11.6. The van der Waals surface area contributed by atoms with E-state index in [0.717, 1.165) is 19.4 Å². The lowest BCUT2D eigenvalue weighted by Gasteiger charge is -2.24. The van der Waals surface area contributed by atoms with E-state index in [1.165, 1.54) is 0 Å². The van der Waals surface area contributed by atoms with Crippen molar-refractivity contribution in [3.8, 4) is 5.88 Å². The first-order valence-electron chi connectivity index (χ1n) is 10.1. The number of hydrogen-bond acceptors (Lipinski definition) is 7. The average Bonchev–Trinajstić information content (AvgIpc) is 2.74. The highest BCUT2D eigenvalue weighted by Crippen LogP contribution is 2.27. The number of nitrogen functional groups attached to an aromatic ring is 1. The molecule has 8 nitrogen and oxygen atoms in total. The Morgan fingerprint density at radius 1 is 1.30 bits per heavy atom. The van der Waals surface area contributed by atoms with Crippen molar-refractivity contribution in [1.29, 1.82) is 5.41 Å². The number of nitrogens with zero attached hydrogens (tertiary/aromatic N) is 2. The lowest BCUT2D eigenvalue weighted by molar-refractivity contribution is 0.0237. The number of pyridine rings is 1. The van der Waals surface area contributed by atoms with E-state index in [9.17, 15) is 4.79 Å². The quantitative estimate of drug-likeness (QED) is 0.572. The second-order valence-corrected chi connectivity index (χ2v) is 7.52. The normalized spacial score (nSPS) is 14.5. The standard InChI is InChI=1S/C22H29N5O3/c1-27(2)11-10-25-21(28)16-5-3-4-15(14-16)20(24)19-18(23)6-9-26-22(19)30-17-7-12-29-13-8-17/h3-6,9,14,17,24H,7-8,10-13H2,1-2H3,(H2,23,26)(H,25,28). The Kier molecular flexibility index (Phi) is 7.37. The van der Waals surface area contributed by atoms with Gasteiger partial charge in [-0.3, -0.25) is 10.2 Å². The molecule has 0 spiro atoms. The summed E-state index contributed by atoms with van der Waals surface area (Å²) in [5.41, 5.74) is 8.28. The van der Waals surface area contributed by atoms with Crippen molar-refractivity contribution >= 4 is 17.3 Å². The van der Waals surface area contributed by atoms with Gasteiger partial charge in [-0.15, -0.1) is 0 Å². The molecule has 3 rings (SSSR count). The fraction of sp³-hybridized carbons (Fsp3) is 0.409. The predicted molar refractivity (Wildman–Crippen MR) is 116 cm³/mol. The van der Waals surface area contributed by atoms with Gasteiger partial charge >= 0.3 is 0 Å². The maximum absolute atomic E-state index is 12.5. The van der Waals surface area contributed by atoms with Crippen LogP contribution in [0.5, 0.6) is 5.88 Å². The van der Waals surface area contributed by atoms with E-state index < -0.39 is 0 Å². The van der Waals surface area contributed by atoms with Gasteiger partial charge in [0, 0.05) is 48.9 Å². The fourth-order valence-corrected chi connectivity index (χ4v) is 3.20. The smallest absolute Gasteiger partial charge is 0.251 e. The topological polar surface area (TPSA) is 114 Å². The van der Waals surface area contributed by atoms with Gasteiger partial charge in [0.2, 0.25) is 5.88 Å². The molecular formula is C22H29N5O3. The van der Waals surface area contributed by atoms with Crippen LogP contribution in [-0.2, 0) is 4.74 Å². The van der Waals surface area contributed by atoms with Gasteiger partial charge in [0.05, 0.1) is 24.5 Å². The second-order valence-electron chi connectivity index (χ2n) is 7.52. The third-order valence-electron chi connectivity index (χ3n) is 4.90. The number of carbonyl (C=O) groups is 1. The summed E-state index contributed by atoms with van der Waals surface area (Å²) in [7, 11) is 3.90. The molecule has 4 N–H and O–H groups in total. The van der Waals surface area contributed by atoms with Crippen LogP contribution in [0.3, 0.4) is 0 Å². The minimum Gasteiger partial charge on any atom is -0.474 e. The molecule has 2 aromatic rings. The zero-order valence-electron chi connectivity index (χ0n) is 17.5. The van der Waals surface area contributed by atoms with E-state index in [4.69, 9.17) is 20.6 Å². The summed E-state index contributed by atoms with van der Waals surface area (Å²) in [6.07, 6.45) is 3.10. The molecule has 1 fully saturated rings. The van der Waals surface area contributed by atoms with Crippen molar-refractivity contribution in [1.82, 2.24) is 15.2 Å². The lowest BCUT2D eigenvalue weighted by Crippen LogP contribution is -2.31. The molecule has 1 aromatic carbocycles. The first-order valence-corrected chi connectivity index (χ1v) is 10.1. The largest absolute Gasteiger partial charge is 0.474 e. The number of ether oxygens (including phenoxy) is 2. The molecule has 160 valence electrons. The minimum absolute atomic E-state index is 0.0200. The van der Waals surface area contributed by atoms with E-state index in [2.05, 4.69) is 10.3 Å². The Labute approximate surface area is 176 Å². The third-order valence-corrected chi connectivity index (χ3v) is 4.90. The molecule has 1 amide bonds. The number of likely N-dealkylation sites (N-methyl/N-ethyl adjacent to an activating group) is 1. The molecule has 0 radical (unpaired) electrons. The molecule has 8 heteroatoms. The van der Waals surface area contributed by atoms with Crippen molar-refractivity contribution in [2.75, 3.05) is 46.1 Å². The Hall–Kier alpha value is -2.97. The number of anilines is 1. The number of nitrogens with two attached hydrogens (primary N) is 1. The maximum Gasteiger partial charge on any atom is 0.251 e. The van der Waals surface area contributed by atoms with Crippen LogP contribution in [0.25, 0.3) is 0 Å². The zero-order chi connectivity index (χ0) is 21.5. The summed E-state index contributed by atoms with van der Waals surface area (Å²) in [6.45, 7) is 2.59. The van der Waals surface area contributed by atoms with E-state index in [1.54, 1.807) is 36.5 Å². The summed E-state index contributed by atoms with van der Waals surface area (Å²) in [5.74, 6) is 0.164. The van der Waals surface area contributed by atoms with E-state index in [-0.39, 0.29) is 17.7 Å². The van der Waals surface area contributed by atoms with Crippen molar-refractivity contribution < 1.29 is 14.3 Å². The summed E-state index contributed by atoms with van der Waals surface area (Å²) in [6, 6.07) is 8.62. The number of rotatable bonds is 8.